The van der Waals surface area contributed by atoms with E-state index >= 15 is 0 Å². The summed E-state index contributed by atoms with van der Waals surface area (Å²) in [6, 6.07) is 4.26. The van der Waals surface area contributed by atoms with Gasteiger partial charge in [-0.3, -0.25) is 14.4 Å². The van der Waals surface area contributed by atoms with Crippen LogP contribution in [0.25, 0.3) is 11.0 Å². The molecule has 0 N–H and O–H groups in total. The largest absolute Gasteiger partial charge is 0.460 e. The molecule has 26 heavy (non-hydrogen) atoms. The lowest BCUT2D eigenvalue weighted by Crippen LogP contribution is -2.41. The molecule has 2 aromatic rings. The fourth-order valence-electron chi connectivity index (χ4n) is 4.25. The van der Waals surface area contributed by atoms with Gasteiger partial charge in [0.15, 0.2) is 32.8 Å². The van der Waals surface area contributed by atoms with Gasteiger partial charge in [0.1, 0.15) is 16.6 Å². The smallest absolute Gasteiger partial charge is 0.181 e. The van der Waals surface area contributed by atoms with Gasteiger partial charge in [-0.15, -0.1) is 0 Å². The Bertz CT molecular complexity index is 1050. The third-order valence-electron chi connectivity index (χ3n) is 5.50. The summed E-state index contributed by atoms with van der Waals surface area (Å²) < 4.78 is 29.5. The Morgan fingerprint density at radius 1 is 1.12 bits per heavy atom. The van der Waals surface area contributed by atoms with E-state index in [-0.39, 0.29) is 39.4 Å². The minimum Gasteiger partial charge on any atom is -0.460 e. The van der Waals surface area contributed by atoms with Gasteiger partial charge in [0, 0.05) is 29.0 Å². The van der Waals surface area contributed by atoms with E-state index in [1.807, 2.05) is 0 Å². The molecule has 1 heterocycles. The van der Waals surface area contributed by atoms with Crippen LogP contribution in [-0.2, 0) is 19.4 Å². The summed E-state index contributed by atoms with van der Waals surface area (Å²) in [5, 5.41) is 0.328. The van der Waals surface area contributed by atoms with Gasteiger partial charge in [0.05, 0.1) is 0 Å². The molecule has 2 bridgehead atoms. The van der Waals surface area contributed by atoms with E-state index in [2.05, 4.69) is 0 Å². The topological polar surface area (TPSA) is 98.5 Å². The van der Waals surface area contributed by atoms with Crippen LogP contribution >= 0.6 is 0 Å². The van der Waals surface area contributed by atoms with Crippen LogP contribution in [0.5, 0.6) is 0 Å². The molecule has 2 unspecified atom stereocenters. The summed E-state index contributed by atoms with van der Waals surface area (Å²) in [6.45, 7) is 1.65. The molecule has 0 amide bonds. The minimum absolute atomic E-state index is 0.0153. The summed E-state index contributed by atoms with van der Waals surface area (Å²) >= 11 is 0. The molecule has 0 spiro atoms. The van der Waals surface area contributed by atoms with Crippen LogP contribution in [0.3, 0.4) is 0 Å². The van der Waals surface area contributed by atoms with Crippen LogP contribution in [0, 0.1) is 24.7 Å². The Labute approximate surface area is 150 Å². The molecule has 1 aromatic heterocycles. The molecule has 2 saturated carbocycles. The van der Waals surface area contributed by atoms with E-state index in [1.165, 1.54) is 12.1 Å². The van der Waals surface area contributed by atoms with Crippen molar-refractivity contribution in [1.82, 2.24) is 0 Å². The van der Waals surface area contributed by atoms with Gasteiger partial charge in [-0.2, -0.15) is 0 Å². The summed E-state index contributed by atoms with van der Waals surface area (Å²) in [5.41, 5.74) is 0.256. The zero-order valence-corrected chi connectivity index (χ0v) is 15.3. The number of Topliss-reactive ketones (excluding diaryl/α,β-unsaturated/α-hetero) is 3. The van der Waals surface area contributed by atoms with Crippen molar-refractivity contribution >= 4 is 38.2 Å². The standard InChI is InChI=1S/C19H18O6S/c1-9-7-13-12(5-6-14(19(13)25-9)26(2,23)24)18(22)15-16(20)10-3-4-11(8-10)17(15)21/h5-7,10-11,15H,3-4,8H2,1-2H3. The number of rotatable bonds is 3. The van der Waals surface area contributed by atoms with Crippen LogP contribution in [0.2, 0.25) is 0 Å². The van der Waals surface area contributed by atoms with E-state index in [0.717, 1.165) is 6.26 Å². The summed E-state index contributed by atoms with van der Waals surface area (Å²) in [6.07, 6.45) is 2.93. The molecule has 0 radical (unpaired) electrons. The average Bonchev–Trinajstić information content (AvgIpc) is 3.15. The number of hydrogen-bond donors (Lipinski definition) is 0. The van der Waals surface area contributed by atoms with Gasteiger partial charge >= 0.3 is 0 Å². The van der Waals surface area contributed by atoms with E-state index in [4.69, 9.17) is 4.42 Å². The van der Waals surface area contributed by atoms with Gasteiger partial charge in [-0.05, 0) is 44.4 Å². The highest BCUT2D eigenvalue weighted by molar-refractivity contribution is 7.91. The van der Waals surface area contributed by atoms with Gasteiger partial charge in [0.2, 0.25) is 0 Å². The van der Waals surface area contributed by atoms with E-state index in [0.29, 0.717) is 30.4 Å². The highest BCUT2D eigenvalue weighted by Crippen LogP contribution is 2.42. The van der Waals surface area contributed by atoms with Crippen molar-refractivity contribution < 1.29 is 27.2 Å². The Morgan fingerprint density at radius 3 is 2.31 bits per heavy atom. The van der Waals surface area contributed by atoms with Crippen LogP contribution in [0.4, 0.5) is 0 Å². The lowest BCUT2D eigenvalue weighted by atomic mass is 9.75. The number of benzene rings is 1. The zero-order valence-electron chi connectivity index (χ0n) is 14.4. The molecular weight excluding hydrogens is 356 g/mol. The fraction of sp³-hybridized carbons (Fsp3) is 0.421. The molecule has 0 aliphatic heterocycles. The van der Waals surface area contributed by atoms with Crippen molar-refractivity contribution in [3.63, 3.8) is 0 Å². The second-order valence-corrected chi connectivity index (χ2v) is 9.28. The number of carbonyl (C=O) groups excluding carboxylic acids is 3. The van der Waals surface area contributed by atoms with Gasteiger partial charge in [-0.25, -0.2) is 8.42 Å². The van der Waals surface area contributed by atoms with Crippen LogP contribution in [-0.4, -0.2) is 32.0 Å². The minimum atomic E-state index is -3.55. The lowest BCUT2D eigenvalue weighted by molar-refractivity contribution is -0.137. The molecule has 2 aliphatic carbocycles. The third-order valence-corrected chi connectivity index (χ3v) is 6.62. The number of fused-ring (bicyclic) bond motifs is 3. The van der Waals surface area contributed by atoms with Gasteiger partial charge in [-0.1, -0.05) is 0 Å². The van der Waals surface area contributed by atoms with Crippen molar-refractivity contribution in [3.8, 4) is 0 Å². The molecule has 4 rings (SSSR count). The third kappa shape index (κ3) is 2.45. The Hall–Kier alpha value is -2.28. The SMILES string of the molecule is Cc1cc2c(C(=O)C3C(=O)C4CCC(C4)C3=O)ccc(S(C)(=O)=O)c2o1. The molecule has 1 aromatic carbocycles. The van der Waals surface area contributed by atoms with Gasteiger partial charge in [0.25, 0.3) is 0 Å². The second-order valence-electron chi connectivity index (χ2n) is 7.29. The molecule has 6 nitrogen and oxygen atoms in total. The van der Waals surface area contributed by atoms with Crippen molar-refractivity contribution in [2.24, 2.45) is 17.8 Å². The first-order valence-corrected chi connectivity index (χ1v) is 10.4. The van der Waals surface area contributed by atoms with Crippen LogP contribution in [0.15, 0.2) is 27.5 Å². The normalized spacial score (nSPS) is 25.8. The lowest BCUT2D eigenvalue weighted by Gasteiger charge is -2.24. The number of ketones is 3. The number of aryl methyl sites for hydroxylation is 1. The zero-order chi connectivity index (χ0) is 18.8. The summed E-state index contributed by atoms with van der Waals surface area (Å²) in [5.74, 6) is -2.41. The molecule has 2 fully saturated rings. The average molecular weight is 374 g/mol. The van der Waals surface area contributed by atoms with E-state index in [9.17, 15) is 22.8 Å². The Morgan fingerprint density at radius 2 is 1.73 bits per heavy atom. The summed E-state index contributed by atoms with van der Waals surface area (Å²) in [7, 11) is -3.55. The first kappa shape index (κ1) is 17.1. The molecule has 2 aliphatic rings. The highest BCUT2D eigenvalue weighted by Gasteiger charge is 2.50. The maximum Gasteiger partial charge on any atom is 0.181 e. The van der Waals surface area contributed by atoms with Crippen molar-refractivity contribution in [2.75, 3.05) is 6.26 Å². The molecule has 0 saturated heterocycles. The predicted molar refractivity (Wildman–Crippen MR) is 92.7 cm³/mol. The van der Waals surface area contributed by atoms with Crippen molar-refractivity contribution in [3.05, 3.63) is 29.5 Å². The van der Waals surface area contributed by atoms with Crippen LogP contribution < -0.4 is 0 Å². The maximum absolute atomic E-state index is 13.1. The Kier molecular flexibility index (Phi) is 3.70. The van der Waals surface area contributed by atoms with E-state index < -0.39 is 21.5 Å². The number of hydrogen-bond acceptors (Lipinski definition) is 6. The van der Waals surface area contributed by atoms with Crippen molar-refractivity contribution in [2.45, 2.75) is 31.1 Å². The number of carbonyl (C=O) groups is 3. The molecule has 136 valence electrons. The molecular formula is C19H18O6S. The first-order chi connectivity index (χ1) is 12.2. The highest BCUT2D eigenvalue weighted by atomic mass is 32.2. The Balaban J connectivity index is 1.86. The summed E-state index contributed by atoms with van der Waals surface area (Å²) in [4.78, 5) is 38.3. The van der Waals surface area contributed by atoms with Crippen LogP contribution in [0.1, 0.15) is 35.4 Å². The number of furan rings is 1. The number of sulfone groups is 1. The fourth-order valence-corrected chi connectivity index (χ4v) is 5.06. The van der Waals surface area contributed by atoms with E-state index in [1.54, 1.807) is 13.0 Å². The molecule has 7 heteroatoms. The maximum atomic E-state index is 13.1. The van der Waals surface area contributed by atoms with Crippen molar-refractivity contribution in [1.29, 1.82) is 0 Å². The predicted octanol–water partition coefficient (Wildman–Crippen LogP) is 2.51. The second kappa shape index (κ2) is 5.61. The quantitative estimate of drug-likeness (QED) is 0.605. The first-order valence-electron chi connectivity index (χ1n) is 8.53. The van der Waals surface area contributed by atoms with Gasteiger partial charge < -0.3 is 4.42 Å². The monoisotopic (exact) mass is 374 g/mol. The molecule has 2 atom stereocenters.